The Labute approximate surface area is 134 Å². The Morgan fingerprint density at radius 2 is 1.61 bits per heavy atom. The summed E-state index contributed by atoms with van der Waals surface area (Å²) in [4.78, 5) is 24.0. The van der Waals surface area contributed by atoms with Gasteiger partial charge in [-0.15, -0.1) is 0 Å². The first-order valence-corrected chi connectivity index (χ1v) is 7.06. The van der Waals surface area contributed by atoms with E-state index in [9.17, 15) is 9.59 Å². The van der Waals surface area contributed by atoms with Gasteiger partial charge in [-0.2, -0.15) is 0 Å². The highest BCUT2D eigenvalue weighted by atomic mass is 16.5. The van der Waals surface area contributed by atoms with Crippen molar-refractivity contribution in [2.24, 2.45) is 0 Å². The molecule has 0 fully saturated rings. The van der Waals surface area contributed by atoms with Crippen LogP contribution in [-0.2, 0) is 0 Å². The lowest BCUT2D eigenvalue weighted by Crippen LogP contribution is -2.36. The predicted octanol–water partition coefficient (Wildman–Crippen LogP) is 2.72. The first-order valence-electron chi connectivity index (χ1n) is 7.06. The second kappa shape index (κ2) is 7.79. The van der Waals surface area contributed by atoms with Crippen LogP contribution in [0.4, 0.5) is 0 Å². The number of benzene rings is 2. The fourth-order valence-corrected chi connectivity index (χ4v) is 1.92. The third kappa shape index (κ3) is 4.71. The van der Waals surface area contributed by atoms with E-state index in [4.69, 9.17) is 4.74 Å². The van der Waals surface area contributed by atoms with Crippen molar-refractivity contribution in [3.8, 4) is 5.75 Å². The average Bonchev–Trinajstić information content (AvgIpc) is 2.60. The second-order valence-electron chi connectivity index (χ2n) is 4.88. The lowest BCUT2D eigenvalue weighted by atomic mass is 10.1. The van der Waals surface area contributed by atoms with Gasteiger partial charge in [-0.05, 0) is 36.4 Å². The number of methoxy groups -OCH3 is 1. The summed E-state index contributed by atoms with van der Waals surface area (Å²) in [5.41, 5.74) is 6.67. The fourth-order valence-electron chi connectivity index (χ4n) is 1.92. The van der Waals surface area contributed by atoms with E-state index in [1.807, 2.05) is 6.07 Å². The van der Waals surface area contributed by atoms with E-state index >= 15 is 0 Å². The second-order valence-corrected chi connectivity index (χ2v) is 4.88. The van der Waals surface area contributed by atoms with E-state index in [2.05, 4.69) is 17.4 Å². The quantitative estimate of drug-likeness (QED) is 0.609. The molecule has 0 radical (unpaired) electrons. The smallest absolute Gasteiger partial charge is 0.269 e. The van der Waals surface area contributed by atoms with Crippen molar-refractivity contribution in [1.82, 2.24) is 10.9 Å². The molecule has 0 atom stereocenters. The largest absolute Gasteiger partial charge is 0.497 e. The SMILES string of the molecule is C=C(CC(=O)c1ccc(OC)cc1)NNC(=O)c1ccccc1. The van der Waals surface area contributed by atoms with Crippen LogP contribution in [0.1, 0.15) is 27.1 Å². The number of nitrogens with one attached hydrogen (secondary N) is 2. The number of hydrogen-bond acceptors (Lipinski definition) is 4. The summed E-state index contributed by atoms with van der Waals surface area (Å²) >= 11 is 0. The maximum absolute atomic E-state index is 12.1. The van der Waals surface area contributed by atoms with Crippen molar-refractivity contribution < 1.29 is 14.3 Å². The Kier molecular flexibility index (Phi) is 5.52. The highest BCUT2D eigenvalue weighted by Crippen LogP contribution is 2.13. The van der Waals surface area contributed by atoms with Crippen LogP contribution in [0, 0.1) is 0 Å². The zero-order chi connectivity index (χ0) is 16.7. The van der Waals surface area contributed by atoms with E-state index in [0.29, 0.717) is 22.6 Å². The number of amides is 1. The number of Topliss-reactive ketones (excluding diaryl/α,β-unsaturated/α-hetero) is 1. The monoisotopic (exact) mass is 310 g/mol. The highest BCUT2D eigenvalue weighted by Gasteiger charge is 2.09. The van der Waals surface area contributed by atoms with Gasteiger partial charge in [0.15, 0.2) is 5.78 Å². The molecule has 5 nitrogen and oxygen atoms in total. The summed E-state index contributed by atoms with van der Waals surface area (Å²) in [5.74, 6) is 0.302. The lowest BCUT2D eigenvalue weighted by molar-refractivity contribution is 0.0929. The summed E-state index contributed by atoms with van der Waals surface area (Å²) < 4.78 is 5.05. The molecule has 0 spiro atoms. The summed E-state index contributed by atoms with van der Waals surface area (Å²) in [6.45, 7) is 3.75. The van der Waals surface area contributed by atoms with Gasteiger partial charge in [-0.25, -0.2) is 0 Å². The molecule has 2 aromatic carbocycles. The average molecular weight is 310 g/mol. The highest BCUT2D eigenvalue weighted by molar-refractivity contribution is 5.97. The Morgan fingerprint density at radius 1 is 0.957 bits per heavy atom. The Balaban J connectivity index is 1.84. The summed E-state index contributed by atoms with van der Waals surface area (Å²) in [6, 6.07) is 15.6. The number of carbonyl (C=O) groups is 2. The van der Waals surface area contributed by atoms with Gasteiger partial charge in [0.05, 0.1) is 13.5 Å². The van der Waals surface area contributed by atoms with Gasteiger partial charge in [-0.1, -0.05) is 24.8 Å². The first-order chi connectivity index (χ1) is 11.1. The molecule has 0 unspecified atom stereocenters. The summed E-state index contributed by atoms with van der Waals surface area (Å²) in [7, 11) is 1.57. The molecule has 0 aromatic heterocycles. The number of carbonyl (C=O) groups excluding carboxylic acids is 2. The zero-order valence-electron chi connectivity index (χ0n) is 12.8. The predicted molar refractivity (Wildman–Crippen MR) is 88.1 cm³/mol. The van der Waals surface area contributed by atoms with E-state index < -0.39 is 0 Å². The summed E-state index contributed by atoms with van der Waals surface area (Å²) in [5, 5.41) is 0. The first kappa shape index (κ1) is 16.3. The molecule has 0 bridgehead atoms. The third-order valence-electron chi connectivity index (χ3n) is 3.17. The van der Waals surface area contributed by atoms with Gasteiger partial charge in [0.2, 0.25) is 0 Å². The van der Waals surface area contributed by atoms with Crippen LogP contribution in [0.2, 0.25) is 0 Å². The van der Waals surface area contributed by atoms with Gasteiger partial charge in [0.1, 0.15) is 5.75 Å². The van der Waals surface area contributed by atoms with Gasteiger partial charge < -0.3 is 10.2 Å². The Hall–Kier alpha value is -3.08. The van der Waals surface area contributed by atoms with Crippen LogP contribution in [0.5, 0.6) is 5.75 Å². The van der Waals surface area contributed by atoms with Gasteiger partial charge >= 0.3 is 0 Å². The van der Waals surface area contributed by atoms with E-state index in [-0.39, 0.29) is 18.1 Å². The molecule has 118 valence electrons. The van der Waals surface area contributed by atoms with Crippen LogP contribution in [-0.4, -0.2) is 18.8 Å². The Bertz CT molecular complexity index is 694. The van der Waals surface area contributed by atoms with Crippen LogP contribution in [0.3, 0.4) is 0 Å². The minimum atomic E-state index is -0.288. The molecular weight excluding hydrogens is 292 g/mol. The molecule has 2 aromatic rings. The van der Waals surface area contributed by atoms with E-state index in [1.165, 1.54) is 0 Å². The number of ketones is 1. The minimum Gasteiger partial charge on any atom is -0.497 e. The normalized spacial score (nSPS) is 9.78. The van der Waals surface area contributed by atoms with Crippen LogP contribution in [0.25, 0.3) is 0 Å². The van der Waals surface area contributed by atoms with E-state index in [1.54, 1.807) is 55.6 Å². The minimum absolute atomic E-state index is 0.0847. The third-order valence-corrected chi connectivity index (χ3v) is 3.17. The van der Waals surface area contributed by atoms with Gasteiger partial charge in [0.25, 0.3) is 5.91 Å². The van der Waals surface area contributed by atoms with Crippen molar-refractivity contribution in [2.75, 3.05) is 7.11 Å². The Morgan fingerprint density at radius 3 is 2.22 bits per heavy atom. The molecule has 0 aliphatic heterocycles. The summed E-state index contributed by atoms with van der Waals surface area (Å²) in [6.07, 6.45) is 0.0847. The van der Waals surface area contributed by atoms with E-state index in [0.717, 1.165) is 0 Å². The molecule has 0 saturated carbocycles. The van der Waals surface area contributed by atoms with Crippen molar-refractivity contribution in [3.05, 3.63) is 78.0 Å². The number of hydrogen-bond donors (Lipinski definition) is 2. The van der Waals surface area contributed by atoms with Crippen molar-refractivity contribution in [3.63, 3.8) is 0 Å². The zero-order valence-corrected chi connectivity index (χ0v) is 12.8. The van der Waals surface area contributed by atoms with Crippen molar-refractivity contribution in [1.29, 1.82) is 0 Å². The topological polar surface area (TPSA) is 67.4 Å². The standard InChI is InChI=1S/C18H18N2O3/c1-13(19-20-18(22)15-6-4-3-5-7-15)12-17(21)14-8-10-16(23-2)11-9-14/h3-11,19H,1,12H2,2H3,(H,20,22). The molecule has 0 heterocycles. The molecule has 0 aliphatic carbocycles. The van der Waals surface area contributed by atoms with Crippen LogP contribution < -0.4 is 15.6 Å². The number of allylic oxidation sites excluding steroid dienone is 1. The lowest BCUT2D eigenvalue weighted by Gasteiger charge is -2.11. The fraction of sp³-hybridized carbons (Fsp3) is 0.111. The van der Waals surface area contributed by atoms with Crippen molar-refractivity contribution in [2.45, 2.75) is 6.42 Å². The molecule has 0 saturated heterocycles. The van der Waals surface area contributed by atoms with Crippen LogP contribution in [0.15, 0.2) is 66.9 Å². The molecule has 2 rings (SSSR count). The molecule has 0 aliphatic rings. The number of rotatable bonds is 7. The molecular formula is C18H18N2O3. The van der Waals surface area contributed by atoms with Crippen molar-refractivity contribution >= 4 is 11.7 Å². The maximum Gasteiger partial charge on any atom is 0.269 e. The number of hydrazine groups is 1. The molecule has 2 N–H and O–H groups in total. The molecule has 5 heteroatoms. The number of ether oxygens (including phenoxy) is 1. The van der Waals surface area contributed by atoms with Crippen LogP contribution >= 0.6 is 0 Å². The maximum atomic E-state index is 12.1. The van der Waals surface area contributed by atoms with Gasteiger partial charge in [-0.3, -0.25) is 15.0 Å². The molecule has 23 heavy (non-hydrogen) atoms. The van der Waals surface area contributed by atoms with Gasteiger partial charge in [0, 0.05) is 16.8 Å². The molecule has 1 amide bonds.